The second-order valence-corrected chi connectivity index (χ2v) is 6.21. The zero-order valence-corrected chi connectivity index (χ0v) is 15.0. The molecule has 0 aliphatic heterocycles. The molecule has 11 nitrogen and oxygen atoms in total. The predicted octanol–water partition coefficient (Wildman–Crippen LogP) is 2.59. The number of fused-ring (bicyclic) bond motifs is 1. The van der Waals surface area contributed by atoms with E-state index < -0.39 is 33.5 Å². The molecule has 4 aromatic rings. The normalized spacial score (nSPS) is 11.0. The van der Waals surface area contributed by atoms with Gasteiger partial charge in [-0.1, -0.05) is 18.2 Å². The van der Waals surface area contributed by atoms with Crippen molar-refractivity contribution in [2.45, 2.75) is 6.54 Å². The van der Waals surface area contributed by atoms with Crippen molar-refractivity contribution in [1.82, 2.24) is 19.3 Å². The summed E-state index contributed by atoms with van der Waals surface area (Å²) in [6.07, 6.45) is 2.28. The van der Waals surface area contributed by atoms with Crippen molar-refractivity contribution < 1.29 is 14.2 Å². The van der Waals surface area contributed by atoms with Gasteiger partial charge in [0.2, 0.25) is 0 Å². The van der Waals surface area contributed by atoms with Crippen LogP contribution in [0.2, 0.25) is 0 Å². The molecule has 2 aromatic heterocycles. The molecular weight excluding hydrogens is 399 g/mol. The highest BCUT2D eigenvalue weighted by molar-refractivity contribution is 5.76. The topological polar surface area (TPSA) is 139 Å². The molecule has 2 heterocycles. The van der Waals surface area contributed by atoms with Crippen LogP contribution < -0.4 is 5.56 Å². The van der Waals surface area contributed by atoms with Gasteiger partial charge in [-0.25, -0.2) is 14.1 Å². The van der Waals surface area contributed by atoms with Gasteiger partial charge in [-0.3, -0.25) is 29.6 Å². The zero-order valence-electron chi connectivity index (χ0n) is 15.0. The highest BCUT2D eigenvalue weighted by Gasteiger charge is 2.21. The van der Waals surface area contributed by atoms with E-state index in [1.807, 2.05) is 0 Å². The summed E-state index contributed by atoms with van der Waals surface area (Å²) in [7, 11) is 0. The van der Waals surface area contributed by atoms with Gasteiger partial charge in [0.15, 0.2) is 5.65 Å². The quantitative estimate of drug-likeness (QED) is 0.364. The van der Waals surface area contributed by atoms with E-state index in [0.29, 0.717) is 0 Å². The Bertz CT molecular complexity index is 1380. The molecule has 150 valence electrons. The summed E-state index contributed by atoms with van der Waals surface area (Å²) < 4.78 is 16.3. The summed E-state index contributed by atoms with van der Waals surface area (Å²) >= 11 is 0. The molecule has 0 saturated carbocycles. The van der Waals surface area contributed by atoms with E-state index in [2.05, 4.69) is 10.1 Å². The minimum atomic E-state index is -0.827. The second-order valence-electron chi connectivity index (χ2n) is 6.21. The van der Waals surface area contributed by atoms with Crippen molar-refractivity contribution in [3.05, 3.63) is 97.0 Å². The van der Waals surface area contributed by atoms with Gasteiger partial charge < -0.3 is 0 Å². The summed E-state index contributed by atoms with van der Waals surface area (Å²) in [5, 5.41) is 26.5. The summed E-state index contributed by atoms with van der Waals surface area (Å²) in [6.45, 7) is -0.415. The van der Waals surface area contributed by atoms with E-state index in [1.54, 1.807) is 6.07 Å². The Hall–Kier alpha value is -4.48. The van der Waals surface area contributed by atoms with Gasteiger partial charge in [0.05, 0.1) is 28.2 Å². The van der Waals surface area contributed by atoms with Crippen molar-refractivity contribution in [2.24, 2.45) is 0 Å². The number of nitro benzene ring substituents is 2. The number of halogens is 1. The van der Waals surface area contributed by atoms with Gasteiger partial charge in [0.25, 0.3) is 16.9 Å². The average Bonchev–Trinajstić information content (AvgIpc) is 3.15. The molecule has 0 radical (unpaired) electrons. The Labute approximate surface area is 165 Å². The lowest BCUT2D eigenvalue weighted by molar-refractivity contribution is -0.385. The molecular formula is C18H11FN6O5. The maximum absolute atomic E-state index is 14.2. The fourth-order valence-electron chi connectivity index (χ4n) is 3.08. The largest absolute Gasteiger partial charge is 0.294 e. The number of benzene rings is 2. The first-order valence-electron chi connectivity index (χ1n) is 8.47. The van der Waals surface area contributed by atoms with E-state index in [9.17, 15) is 29.4 Å². The Morgan fingerprint density at radius 3 is 2.43 bits per heavy atom. The van der Waals surface area contributed by atoms with Crippen LogP contribution in [0.3, 0.4) is 0 Å². The molecule has 0 bridgehead atoms. The van der Waals surface area contributed by atoms with Crippen LogP contribution in [0.1, 0.15) is 5.56 Å². The Kier molecular flexibility index (Phi) is 4.50. The zero-order chi connectivity index (χ0) is 21.4. The summed E-state index contributed by atoms with van der Waals surface area (Å²) in [5.41, 5.74) is -1.40. The number of nitro groups is 2. The number of nitrogens with zero attached hydrogens (tertiary/aromatic N) is 6. The lowest BCUT2D eigenvalue weighted by Crippen LogP contribution is -2.22. The standard InChI is InChI=1S/C18H11FN6O5/c19-13-4-3-7-14(24(27)28)12(13)9-22-10-20-17-11(18(22)26)8-21-23(17)15-5-1-2-6-16(15)25(29)30/h1-8,10H,9H2. The van der Waals surface area contributed by atoms with Crippen LogP contribution >= 0.6 is 0 Å². The molecule has 0 saturated heterocycles. The molecule has 0 N–H and O–H groups in total. The van der Waals surface area contributed by atoms with Gasteiger partial charge in [0.1, 0.15) is 23.2 Å². The average molecular weight is 410 g/mol. The Balaban J connectivity index is 1.83. The molecule has 0 aliphatic rings. The molecule has 0 unspecified atom stereocenters. The van der Waals surface area contributed by atoms with Gasteiger partial charge in [-0.15, -0.1) is 0 Å². The van der Waals surface area contributed by atoms with Crippen molar-refractivity contribution >= 4 is 22.4 Å². The van der Waals surface area contributed by atoms with E-state index in [1.165, 1.54) is 30.5 Å². The van der Waals surface area contributed by atoms with Crippen molar-refractivity contribution in [1.29, 1.82) is 0 Å². The molecule has 0 atom stereocenters. The summed E-state index contributed by atoms with van der Waals surface area (Å²) in [4.78, 5) is 38.1. The molecule has 30 heavy (non-hydrogen) atoms. The first-order valence-corrected chi connectivity index (χ1v) is 8.47. The van der Waals surface area contributed by atoms with Crippen molar-refractivity contribution in [2.75, 3.05) is 0 Å². The predicted molar refractivity (Wildman–Crippen MR) is 102 cm³/mol. The summed E-state index contributed by atoms with van der Waals surface area (Å²) in [5.74, 6) is -0.827. The first-order chi connectivity index (χ1) is 14.4. The fraction of sp³-hybridized carbons (Fsp3) is 0.0556. The number of aromatic nitrogens is 4. The van der Waals surface area contributed by atoms with Crippen LogP contribution in [0.5, 0.6) is 0 Å². The lowest BCUT2D eigenvalue weighted by Gasteiger charge is -2.08. The fourth-order valence-corrected chi connectivity index (χ4v) is 3.08. The smallest absolute Gasteiger partial charge is 0.294 e. The van der Waals surface area contributed by atoms with Crippen LogP contribution in [-0.2, 0) is 6.54 Å². The van der Waals surface area contributed by atoms with E-state index in [4.69, 9.17) is 0 Å². The molecule has 2 aromatic carbocycles. The van der Waals surface area contributed by atoms with Crippen LogP contribution in [0.15, 0.2) is 59.8 Å². The molecule has 0 aliphatic carbocycles. The number of hydrogen-bond acceptors (Lipinski definition) is 7. The lowest BCUT2D eigenvalue weighted by atomic mass is 10.1. The molecule has 0 fully saturated rings. The highest BCUT2D eigenvalue weighted by atomic mass is 19.1. The molecule has 4 rings (SSSR count). The Morgan fingerprint density at radius 1 is 1.00 bits per heavy atom. The van der Waals surface area contributed by atoms with Gasteiger partial charge >= 0.3 is 0 Å². The SMILES string of the molecule is O=c1c2cnn(-c3ccccc3[N+](=O)[O-])c2ncn1Cc1c(F)cccc1[N+](=O)[O-]. The van der Waals surface area contributed by atoms with E-state index >= 15 is 0 Å². The maximum Gasteiger partial charge on any atom is 0.294 e. The highest BCUT2D eigenvalue weighted by Crippen LogP contribution is 2.25. The third-order valence-electron chi connectivity index (χ3n) is 4.48. The third-order valence-corrected chi connectivity index (χ3v) is 4.48. The van der Waals surface area contributed by atoms with Crippen molar-refractivity contribution in [3.63, 3.8) is 0 Å². The summed E-state index contributed by atoms with van der Waals surface area (Å²) in [6, 6.07) is 9.23. The van der Waals surface area contributed by atoms with Crippen molar-refractivity contribution in [3.8, 4) is 5.69 Å². The molecule has 0 spiro atoms. The van der Waals surface area contributed by atoms with Crippen LogP contribution in [0, 0.1) is 26.0 Å². The van der Waals surface area contributed by atoms with E-state index in [0.717, 1.165) is 27.7 Å². The van der Waals surface area contributed by atoms with Crippen LogP contribution in [0.4, 0.5) is 15.8 Å². The first kappa shape index (κ1) is 18.9. The third kappa shape index (κ3) is 3.05. The van der Waals surface area contributed by atoms with Gasteiger partial charge in [-0.2, -0.15) is 5.10 Å². The van der Waals surface area contributed by atoms with E-state index in [-0.39, 0.29) is 28.0 Å². The number of hydrogen-bond donors (Lipinski definition) is 0. The Morgan fingerprint density at radius 2 is 1.70 bits per heavy atom. The molecule has 0 amide bonds. The van der Waals surface area contributed by atoms with Gasteiger partial charge in [-0.05, 0) is 12.1 Å². The minimum absolute atomic E-state index is 0.0228. The van der Waals surface area contributed by atoms with Crippen LogP contribution in [0.25, 0.3) is 16.7 Å². The minimum Gasteiger partial charge on any atom is -0.294 e. The maximum atomic E-state index is 14.2. The number of rotatable bonds is 5. The number of para-hydroxylation sites is 2. The van der Waals surface area contributed by atoms with Crippen LogP contribution in [-0.4, -0.2) is 29.2 Å². The monoisotopic (exact) mass is 410 g/mol. The van der Waals surface area contributed by atoms with Gasteiger partial charge in [0, 0.05) is 12.1 Å². The second kappa shape index (κ2) is 7.16. The molecule has 12 heteroatoms.